The lowest BCUT2D eigenvalue weighted by Crippen LogP contribution is -2.47. The Morgan fingerprint density at radius 1 is 1.32 bits per heavy atom. The summed E-state index contributed by atoms with van der Waals surface area (Å²) in [5.74, 6) is 0.181. The van der Waals surface area contributed by atoms with Crippen molar-refractivity contribution in [2.75, 3.05) is 13.1 Å². The number of likely N-dealkylation sites (tertiary alicyclic amines) is 1. The van der Waals surface area contributed by atoms with Crippen molar-refractivity contribution in [3.05, 3.63) is 24.8 Å². The molecule has 22 heavy (non-hydrogen) atoms. The molecule has 1 fully saturated rings. The molecule has 1 aliphatic heterocycles. The molecule has 0 spiro atoms. The monoisotopic (exact) mass is 309 g/mol. The van der Waals surface area contributed by atoms with Crippen LogP contribution in [0.3, 0.4) is 0 Å². The van der Waals surface area contributed by atoms with Crippen molar-refractivity contribution in [1.82, 2.24) is 4.90 Å². The Kier molecular flexibility index (Phi) is 6.66. The van der Waals surface area contributed by atoms with E-state index in [0.29, 0.717) is 25.9 Å². The third-order valence-corrected chi connectivity index (χ3v) is 4.11. The molecular weight excluding hydrogens is 278 g/mol. The third kappa shape index (κ3) is 5.48. The maximum Gasteiger partial charge on any atom is 0.410 e. The lowest BCUT2D eigenvalue weighted by molar-refractivity contribution is -0.0429. The molecule has 1 saturated heterocycles. The molecule has 126 valence electrons. The van der Waals surface area contributed by atoms with E-state index in [0.717, 1.165) is 12.8 Å². The molecule has 0 saturated carbocycles. The number of hydrogen-bond acceptors (Lipinski definition) is 3. The van der Waals surface area contributed by atoms with Crippen molar-refractivity contribution in [2.45, 2.75) is 64.6 Å². The Morgan fingerprint density at radius 2 is 1.91 bits per heavy atom. The minimum atomic E-state index is -0.756. The number of allylic oxidation sites excluding steroid dienone is 1. The van der Waals surface area contributed by atoms with Gasteiger partial charge in [0.1, 0.15) is 5.60 Å². The van der Waals surface area contributed by atoms with Gasteiger partial charge in [-0.05, 0) is 59.3 Å². The van der Waals surface area contributed by atoms with Crippen LogP contribution in [0.15, 0.2) is 24.8 Å². The normalized spacial score (nSPS) is 20.0. The van der Waals surface area contributed by atoms with E-state index in [9.17, 15) is 9.90 Å². The van der Waals surface area contributed by atoms with Gasteiger partial charge in [0.25, 0.3) is 0 Å². The molecule has 0 aromatic heterocycles. The fraction of sp³-hybridized carbons (Fsp3) is 0.722. The zero-order valence-corrected chi connectivity index (χ0v) is 14.5. The lowest BCUT2D eigenvalue weighted by atomic mass is 9.76. The van der Waals surface area contributed by atoms with E-state index in [1.54, 1.807) is 11.0 Å². The number of hydrogen-bond donors (Lipinski definition) is 1. The molecule has 1 atom stereocenters. The largest absolute Gasteiger partial charge is 0.444 e. The summed E-state index contributed by atoms with van der Waals surface area (Å²) in [4.78, 5) is 13.8. The smallest absolute Gasteiger partial charge is 0.410 e. The summed E-state index contributed by atoms with van der Waals surface area (Å²) >= 11 is 0. The van der Waals surface area contributed by atoms with E-state index in [4.69, 9.17) is 4.74 Å². The number of nitrogens with zero attached hydrogens (tertiary/aromatic N) is 1. The topological polar surface area (TPSA) is 49.8 Å². The number of aliphatic hydroxyl groups is 1. The van der Waals surface area contributed by atoms with Gasteiger partial charge >= 0.3 is 6.09 Å². The van der Waals surface area contributed by atoms with E-state index in [1.165, 1.54) is 0 Å². The Labute approximate surface area is 134 Å². The molecule has 1 N–H and O–H groups in total. The summed E-state index contributed by atoms with van der Waals surface area (Å²) in [6, 6.07) is 0. The maximum absolute atomic E-state index is 12.1. The van der Waals surface area contributed by atoms with E-state index in [1.807, 2.05) is 39.8 Å². The molecule has 0 bridgehead atoms. The molecule has 1 amide bonds. The summed E-state index contributed by atoms with van der Waals surface area (Å²) in [7, 11) is 0. The Bertz CT molecular complexity index is 403. The molecule has 0 radical (unpaired) electrons. The first-order valence-electron chi connectivity index (χ1n) is 8.14. The van der Waals surface area contributed by atoms with Gasteiger partial charge in [0.15, 0.2) is 0 Å². The summed E-state index contributed by atoms with van der Waals surface area (Å²) in [5, 5.41) is 10.9. The lowest BCUT2D eigenvalue weighted by Gasteiger charge is -2.41. The number of carbonyl (C=O) groups is 1. The van der Waals surface area contributed by atoms with Crippen LogP contribution in [0.5, 0.6) is 0 Å². The van der Waals surface area contributed by atoms with Gasteiger partial charge in [-0.2, -0.15) is 0 Å². The number of ether oxygens (including phenoxy) is 1. The highest BCUT2D eigenvalue weighted by Gasteiger charge is 2.38. The molecule has 0 aliphatic carbocycles. The van der Waals surface area contributed by atoms with Crippen molar-refractivity contribution < 1.29 is 14.6 Å². The zero-order valence-electron chi connectivity index (χ0n) is 14.5. The van der Waals surface area contributed by atoms with Crippen molar-refractivity contribution in [3.63, 3.8) is 0 Å². The number of rotatable bonds is 5. The minimum Gasteiger partial charge on any atom is -0.444 e. The quantitative estimate of drug-likeness (QED) is 0.783. The summed E-state index contributed by atoms with van der Waals surface area (Å²) in [5.41, 5.74) is -1.22. The predicted octanol–water partition coefficient (Wildman–Crippen LogP) is 3.91. The van der Waals surface area contributed by atoms with Crippen LogP contribution in [-0.2, 0) is 4.74 Å². The van der Waals surface area contributed by atoms with Crippen LogP contribution in [0.1, 0.15) is 53.4 Å². The van der Waals surface area contributed by atoms with Gasteiger partial charge < -0.3 is 14.7 Å². The van der Waals surface area contributed by atoms with Gasteiger partial charge in [-0.15, -0.1) is 6.58 Å². The average molecular weight is 309 g/mol. The van der Waals surface area contributed by atoms with E-state index in [2.05, 4.69) is 6.58 Å². The first-order valence-corrected chi connectivity index (χ1v) is 8.14. The minimum absolute atomic E-state index is 0.181. The van der Waals surface area contributed by atoms with Gasteiger partial charge in [0.05, 0.1) is 5.60 Å². The van der Waals surface area contributed by atoms with Crippen LogP contribution in [0.4, 0.5) is 4.79 Å². The van der Waals surface area contributed by atoms with Crippen LogP contribution in [-0.4, -0.2) is 40.4 Å². The van der Waals surface area contributed by atoms with Gasteiger partial charge in [-0.25, -0.2) is 4.79 Å². The molecule has 0 aromatic carbocycles. The van der Waals surface area contributed by atoms with Gasteiger partial charge in [0, 0.05) is 13.1 Å². The molecule has 1 heterocycles. The first-order chi connectivity index (χ1) is 10.2. The maximum atomic E-state index is 12.1. The van der Waals surface area contributed by atoms with Crippen LogP contribution in [0.25, 0.3) is 0 Å². The van der Waals surface area contributed by atoms with Crippen LogP contribution < -0.4 is 0 Å². The molecule has 1 unspecified atom stereocenters. The second-order valence-corrected chi connectivity index (χ2v) is 7.11. The first kappa shape index (κ1) is 18.8. The summed E-state index contributed by atoms with van der Waals surface area (Å²) in [6.07, 6.45) is 8.28. The molecule has 4 nitrogen and oxygen atoms in total. The Hall–Kier alpha value is -1.29. The number of amides is 1. The SMILES string of the molecule is C=CCC(O)(C/C=C/C)C1CCN(C(=O)OC(C)(C)C)CC1. The van der Waals surface area contributed by atoms with E-state index in [-0.39, 0.29) is 12.0 Å². The van der Waals surface area contributed by atoms with Gasteiger partial charge in [-0.1, -0.05) is 18.2 Å². The fourth-order valence-corrected chi connectivity index (χ4v) is 2.91. The predicted molar refractivity (Wildman–Crippen MR) is 89.7 cm³/mol. The van der Waals surface area contributed by atoms with Crippen molar-refractivity contribution in [2.24, 2.45) is 5.92 Å². The number of carbonyl (C=O) groups excluding carboxylic acids is 1. The van der Waals surface area contributed by atoms with Gasteiger partial charge in [0.2, 0.25) is 0 Å². The molecule has 4 heteroatoms. The average Bonchev–Trinajstić information content (AvgIpc) is 2.44. The fourth-order valence-electron chi connectivity index (χ4n) is 2.91. The second-order valence-electron chi connectivity index (χ2n) is 7.11. The second kappa shape index (κ2) is 7.82. The van der Waals surface area contributed by atoms with Gasteiger partial charge in [-0.3, -0.25) is 0 Å². The van der Waals surface area contributed by atoms with Crippen molar-refractivity contribution in [1.29, 1.82) is 0 Å². The Morgan fingerprint density at radius 3 is 2.36 bits per heavy atom. The highest BCUT2D eigenvalue weighted by atomic mass is 16.6. The standard InChI is InChI=1S/C18H31NO3/c1-6-8-12-18(21,11-7-2)15-9-13-19(14-10-15)16(20)22-17(3,4)5/h6-8,15,21H,2,9-14H2,1,3-5H3/b8-6+. The zero-order chi connectivity index (χ0) is 16.8. The van der Waals surface area contributed by atoms with E-state index >= 15 is 0 Å². The van der Waals surface area contributed by atoms with Crippen LogP contribution >= 0.6 is 0 Å². The number of piperidine rings is 1. The van der Waals surface area contributed by atoms with Crippen LogP contribution in [0, 0.1) is 5.92 Å². The van der Waals surface area contributed by atoms with Crippen molar-refractivity contribution in [3.8, 4) is 0 Å². The summed E-state index contributed by atoms with van der Waals surface area (Å²) < 4.78 is 5.41. The highest BCUT2D eigenvalue weighted by molar-refractivity contribution is 5.68. The third-order valence-electron chi connectivity index (χ3n) is 4.11. The molecule has 1 aliphatic rings. The highest BCUT2D eigenvalue weighted by Crippen LogP contribution is 2.34. The molecular formula is C18H31NO3. The molecule has 0 aromatic rings. The van der Waals surface area contributed by atoms with Crippen molar-refractivity contribution >= 4 is 6.09 Å². The van der Waals surface area contributed by atoms with Crippen LogP contribution in [0.2, 0.25) is 0 Å². The summed E-state index contributed by atoms with van der Waals surface area (Å²) in [6.45, 7) is 12.6. The molecule has 1 rings (SSSR count). The Balaban J connectivity index is 2.62. The van der Waals surface area contributed by atoms with E-state index < -0.39 is 11.2 Å².